The van der Waals surface area contributed by atoms with E-state index in [2.05, 4.69) is 30.7 Å². The number of nitrogen functional groups attached to an aromatic ring is 1. The number of aromatic nitrogens is 7. The van der Waals surface area contributed by atoms with Crippen molar-refractivity contribution in [2.75, 3.05) is 5.73 Å². The lowest BCUT2D eigenvalue weighted by Crippen LogP contribution is -2.29. The van der Waals surface area contributed by atoms with Crippen LogP contribution in [0, 0.1) is 5.92 Å². The largest absolute Gasteiger partial charge is 0.382 e. The number of allylic oxidation sites excluding steroid dienone is 1. The van der Waals surface area contributed by atoms with Crippen LogP contribution in [0.4, 0.5) is 10.2 Å². The van der Waals surface area contributed by atoms with Crippen molar-refractivity contribution in [3.05, 3.63) is 87.4 Å². The molecule has 3 atom stereocenters. The van der Waals surface area contributed by atoms with Crippen LogP contribution >= 0.6 is 11.6 Å². The number of aliphatic imine (C=N–C) groups is 1. The fourth-order valence-corrected chi connectivity index (χ4v) is 6.32. The lowest BCUT2D eigenvalue weighted by molar-refractivity contribution is 0.579. The van der Waals surface area contributed by atoms with Crippen LogP contribution in [-0.4, -0.2) is 40.7 Å². The van der Waals surface area contributed by atoms with Crippen LogP contribution in [0.25, 0.3) is 33.3 Å². The Morgan fingerprint density at radius 2 is 2.00 bits per heavy atom. The molecule has 39 heavy (non-hydrogen) atoms. The fourth-order valence-electron chi connectivity index (χ4n) is 6.15. The molecule has 1 aliphatic carbocycles. The summed E-state index contributed by atoms with van der Waals surface area (Å²) in [4.78, 5) is 17.9. The summed E-state index contributed by atoms with van der Waals surface area (Å²) in [7, 11) is 0. The second kappa shape index (κ2) is 7.93. The number of halogens is 2. The first-order valence-corrected chi connectivity index (χ1v) is 12.8. The van der Waals surface area contributed by atoms with Crippen molar-refractivity contribution < 1.29 is 4.39 Å². The number of hydrogen-bond donors (Lipinski definition) is 2. The van der Waals surface area contributed by atoms with Crippen molar-refractivity contribution in [1.29, 1.82) is 0 Å². The first-order valence-electron chi connectivity index (χ1n) is 12.5. The van der Waals surface area contributed by atoms with E-state index in [-0.39, 0.29) is 23.4 Å². The molecule has 1 saturated carbocycles. The number of H-pyrrole nitrogens is 1. The van der Waals surface area contributed by atoms with Gasteiger partial charge in [0.05, 0.1) is 17.2 Å². The Balaban J connectivity index is 1.16. The molecule has 3 unspecified atom stereocenters. The number of hydrogen-bond acceptors (Lipinski definition) is 7. The molecular weight excluding hydrogens is 521 g/mol. The number of anilines is 1. The highest BCUT2D eigenvalue weighted by atomic mass is 35.5. The number of fused-ring (bicyclic) bond motifs is 4. The van der Waals surface area contributed by atoms with Crippen molar-refractivity contribution in [3.63, 3.8) is 0 Å². The van der Waals surface area contributed by atoms with E-state index in [0.29, 0.717) is 39.8 Å². The molecule has 0 amide bonds. The van der Waals surface area contributed by atoms with Crippen LogP contribution in [-0.2, 0) is 0 Å². The molecule has 3 N–H and O–H groups in total. The van der Waals surface area contributed by atoms with E-state index in [1.165, 1.54) is 11.0 Å². The quantitative estimate of drug-likeness (QED) is 0.324. The number of benzene rings is 2. The van der Waals surface area contributed by atoms with E-state index in [4.69, 9.17) is 17.3 Å². The van der Waals surface area contributed by atoms with Gasteiger partial charge in [-0.25, -0.2) is 4.99 Å². The van der Waals surface area contributed by atoms with Crippen LogP contribution in [0.2, 0.25) is 5.02 Å². The SMILES string of the molecule is Nc1n[nH]c2cc(C3=C(F)N=C(C4C5CC5c5cc(-c6cc(Cl)ccc6-n6cnnn6)cc(=O)n54)C3)ccc12. The molecule has 1 fully saturated rings. The van der Waals surface area contributed by atoms with Gasteiger partial charge in [-0.05, 0) is 70.3 Å². The maximum absolute atomic E-state index is 15.2. The minimum Gasteiger partial charge on any atom is -0.382 e. The molecule has 5 heterocycles. The van der Waals surface area contributed by atoms with E-state index in [1.54, 1.807) is 22.8 Å². The number of pyridine rings is 1. The monoisotopic (exact) mass is 539 g/mol. The summed E-state index contributed by atoms with van der Waals surface area (Å²) in [6, 6.07) is 14.2. The zero-order valence-corrected chi connectivity index (χ0v) is 21.0. The van der Waals surface area contributed by atoms with E-state index >= 15 is 4.39 Å². The summed E-state index contributed by atoms with van der Waals surface area (Å²) in [5.74, 6) is 0.319. The molecule has 8 rings (SSSR count). The van der Waals surface area contributed by atoms with Crippen molar-refractivity contribution in [1.82, 2.24) is 35.0 Å². The zero-order valence-electron chi connectivity index (χ0n) is 20.2. The van der Waals surface area contributed by atoms with E-state index in [1.807, 2.05) is 30.3 Å². The van der Waals surface area contributed by atoms with Crippen molar-refractivity contribution in [2.45, 2.75) is 24.8 Å². The normalized spacial score (nSPS) is 21.4. The topological polar surface area (TPSA) is 133 Å². The van der Waals surface area contributed by atoms with Gasteiger partial charge in [0.25, 0.3) is 5.56 Å². The summed E-state index contributed by atoms with van der Waals surface area (Å²) >= 11 is 6.33. The predicted octanol–water partition coefficient (Wildman–Crippen LogP) is 4.44. The molecule has 0 bridgehead atoms. The first-order chi connectivity index (χ1) is 19.0. The van der Waals surface area contributed by atoms with Crippen LogP contribution in [0.3, 0.4) is 0 Å². The average molecular weight is 540 g/mol. The molecule has 192 valence electrons. The van der Waals surface area contributed by atoms with Crippen LogP contribution in [0.15, 0.2) is 70.6 Å². The molecule has 12 heteroatoms. The van der Waals surface area contributed by atoms with Gasteiger partial charge in [-0.15, -0.1) is 5.10 Å². The molecule has 3 aliphatic rings. The number of nitrogens with one attached hydrogen (secondary N) is 1. The maximum atomic E-state index is 15.2. The number of aromatic amines is 1. The van der Waals surface area contributed by atoms with Gasteiger partial charge in [0.1, 0.15) is 6.33 Å². The Hall–Kier alpha value is -4.64. The minimum atomic E-state index is -0.517. The zero-order chi connectivity index (χ0) is 26.4. The van der Waals surface area contributed by atoms with Gasteiger partial charge in [0.15, 0.2) is 5.82 Å². The Morgan fingerprint density at radius 3 is 2.85 bits per heavy atom. The third-order valence-corrected chi connectivity index (χ3v) is 8.23. The standard InChI is InChI=1S/C27H19ClFN9O/c28-14-2-4-22(37-11-31-35-36-37)16(8-14)13-6-23-18-9-19(18)25(38(23)24(39)7-13)21-10-17(26(29)32-21)12-1-3-15-20(5-12)33-34-27(15)30/h1-8,11,18-19,25H,9-10H2,(H3,30,33,34). The molecular formula is C27H19ClFN9O. The summed E-state index contributed by atoms with van der Waals surface area (Å²) in [5.41, 5.74) is 11.5. The van der Waals surface area contributed by atoms with Gasteiger partial charge in [-0.2, -0.15) is 14.2 Å². The highest BCUT2D eigenvalue weighted by Gasteiger charge is 2.55. The summed E-state index contributed by atoms with van der Waals surface area (Å²) in [6.45, 7) is 0. The molecule has 0 spiro atoms. The van der Waals surface area contributed by atoms with Gasteiger partial charge in [0.2, 0.25) is 5.95 Å². The van der Waals surface area contributed by atoms with Crippen molar-refractivity contribution in [2.24, 2.45) is 10.9 Å². The molecule has 2 aromatic carbocycles. The molecule has 5 aromatic rings. The average Bonchev–Trinajstić information content (AvgIpc) is 3.30. The van der Waals surface area contributed by atoms with Gasteiger partial charge < -0.3 is 10.3 Å². The number of tetrazole rings is 1. The van der Waals surface area contributed by atoms with E-state index in [9.17, 15) is 4.79 Å². The lowest BCUT2D eigenvalue weighted by Gasteiger charge is -2.20. The lowest BCUT2D eigenvalue weighted by atomic mass is 9.97. The number of nitrogens with two attached hydrogens (primary N) is 1. The summed E-state index contributed by atoms with van der Waals surface area (Å²) in [5, 5.41) is 19.7. The van der Waals surface area contributed by atoms with Crippen molar-refractivity contribution >= 4 is 39.6 Å². The second-order valence-corrected chi connectivity index (χ2v) is 10.6. The van der Waals surface area contributed by atoms with E-state index in [0.717, 1.165) is 34.1 Å². The highest BCUT2D eigenvalue weighted by molar-refractivity contribution is 6.31. The summed E-state index contributed by atoms with van der Waals surface area (Å²) < 4.78 is 18.6. The van der Waals surface area contributed by atoms with Crippen molar-refractivity contribution in [3.8, 4) is 16.8 Å². The maximum Gasteiger partial charge on any atom is 0.251 e. The second-order valence-electron chi connectivity index (χ2n) is 10.2. The molecule has 2 aliphatic heterocycles. The highest BCUT2D eigenvalue weighted by Crippen LogP contribution is 2.60. The number of nitrogens with zero attached hydrogens (tertiary/aromatic N) is 7. The molecule has 3 aromatic heterocycles. The Bertz CT molecular complexity index is 1960. The first kappa shape index (κ1) is 22.4. The Kier molecular flexibility index (Phi) is 4.55. The smallest absolute Gasteiger partial charge is 0.251 e. The molecule has 10 nitrogen and oxygen atoms in total. The minimum absolute atomic E-state index is 0.159. The third kappa shape index (κ3) is 3.32. The fraction of sp³-hybridized carbons (Fsp3) is 0.185. The van der Waals surface area contributed by atoms with E-state index < -0.39 is 5.95 Å². The Morgan fingerprint density at radius 1 is 1.10 bits per heavy atom. The number of rotatable bonds is 4. The molecule has 0 saturated heterocycles. The van der Waals surface area contributed by atoms with Gasteiger partial charge in [-0.3, -0.25) is 9.89 Å². The van der Waals surface area contributed by atoms with Gasteiger partial charge >= 0.3 is 0 Å². The Labute approximate surface area is 224 Å². The third-order valence-electron chi connectivity index (χ3n) is 8.00. The summed E-state index contributed by atoms with van der Waals surface area (Å²) in [6.07, 6.45) is 2.76. The van der Waals surface area contributed by atoms with Crippen LogP contribution < -0.4 is 11.3 Å². The predicted molar refractivity (Wildman–Crippen MR) is 144 cm³/mol. The van der Waals surface area contributed by atoms with Crippen LogP contribution in [0.1, 0.15) is 36.1 Å². The van der Waals surface area contributed by atoms with Gasteiger partial charge in [-0.1, -0.05) is 17.7 Å². The van der Waals surface area contributed by atoms with Gasteiger partial charge in [0, 0.05) is 51.4 Å². The molecule has 0 radical (unpaired) electrons. The van der Waals surface area contributed by atoms with Crippen LogP contribution in [0.5, 0.6) is 0 Å².